The van der Waals surface area contributed by atoms with Crippen LogP contribution >= 0.6 is 0 Å². The van der Waals surface area contributed by atoms with Crippen molar-refractivity contribution in [2.45, 2.75) is 27.3 Å². The fraction of sp³-hybridized carbons (Fsp3) is 0.160. The van der Waals surface area contributed by atoms with Gasteiger partial charge in [0.1, 0.15) is 6.54 Å². The first-order valence-corrected chi connectivity index (χ1v) is 9.86. The molecule has 5 nitrogen and oxygen atoms in total. The maximum atomic E-state index is 13.0. The van der Waals surface area contributed by atoms with Gasteiger partial charge in [0.2, 0.25) is 5.91 Å². The molecule has 4 rings (SSSR count). The van der Waals surface area contributed by atoms with Gasteiger partial charge in [-0.05, 0) is 50.6 Å². The number of nitrogens with one attached hydrogen (secondary N) is 1. The zero-order valence-corrected chi connectivity index (χ0v) is 17.3. The van der Waals surface area contributed by atoms with Gasteiger partial charge in [-0.3, -0.25) is 9.59 Å². The van der Waals surface area contributed by atoms with Crippen LogP contribution in [-0.4, -0.2) is 15.7 Å². The van der Waals surface area contributed by atoms with E-state index >= 15 is 0 Å². The van der Waals surface area contributed by atoms with Crippen LogP contribution in [0.4, 0.5) is 5.69 Å². The average Bonchev–Trinajstić information content (AvgIpc) is 2.74. The van der Waals surface area contributed by atoms with Crippen LogP contribution < -0.4 is 10.9 Å². The molecule has 0 aliphatic rings. The van der Waals surface area contributed by atoms with E-state index in [1.807, 2.05) is 75.4 Å². The average molecular weight is 397 g/mol. The normalized spacial score (nSPS) is 10.9. The van der Waals surface area contributed by atoms with E-state index in [2.05, 4.69) is 16.5 Å². The maximum Gasteiger partial charge on any atom is 0.275 e. The second-order valence-electron chi connectivity index (χ2n) is 7.59. The van der Waals surface area contributed by atoms with E-state index < -0.39 is 0 Å². The Morgan fingerprint density at radius 2 is 1.57 bits per heavy atom. The van der Waals surface area contributed by atoms with Crippen LogP contribution in [0.15, 0.2) is 71.5 Å². The molecule has 0 saturated heterocycles. The minimum atomic E-state index is -0.296. The number of hydrogen-bond acceptors (Lipinski definition) is 3. The lowest BCUT2D eigenvalue weighted by atomic mass is 9.99. The number of rotatable bonds is 4. The lowest BCUT2D eigenvalue weighted by molar-refractivity contribution is -0.117. The zero-order chi connectivity index (χ0) is 21.3. The van der Waals surface area contributed by atoms with Crippen LogP contribution in [0.25, 0.3) is 22.0 Å². The molecule has 0 aliphatic heterocycles. The molecule has 0 radical (unpaired) electrons. The molecule has 0 fully saturated rings. The standard InChI is InChI=1S/C25H23N3O2/c1-16-9-12-19(13-10-16)26-23(29)15-28-25(30)21-7-5-4-6-20(21)24(27-28)22-14-17(2)8-11-18(22)3/h4-14H,15H2,1-3H3,(H,26,29). The van der Waals surface area contributed by atoms with Crippen LogP contribution in [0.1, 0.15) is 16.7 Å². The van der Waals surface area contributed by atoms with Crippen molar-refractivity contribution < 1.29 is 4.79 Å². The lowest BCUT2D eigenvalue weighted by Crippen LogP contribution is -2.30. The molecule has 0 aliphatic carbocycles. The Balaban J connectivity index is 1.78. The summed E-state index contributed by atoms with van der Waals surface area (Å²) in [4.78, 5) is 25.6. The number of aryl methyl sites for hydroxylation is 3. The molecule has 1 aromatic heterocycles. The highest BCUT2D eigenvalue weighted by Crippen LogP contribution is 2.28. The number of aromatic nitrogens is 2. The van der Waals surface area contributed by atoms with Gasteiger partial charge in [0.15, 0.2) is 0 Å². The second-order valence-corrected chi connectivity index (χ2v) is 7.59. The Hall–Kier alpha value is -3.73. The van der Waals surface area contributed by atoms with Gasteiger partial charge in [0.25, 0.3) is 5.56 Å². The van der Waals surface area contributed by atoms with Crippen molar-refractivity contribution in [3.05, 3.63) is 93.8 Å². The number of hydrogen-bond donors (Lipinski definition) is 1. The molecule has 0 saturated carbocycles. The van der Waals surface area contributed by atoms with Crippen LogP contribution in [0, 0.1) is 20.8 Å². The molecular weight excluding hydrogens is 374 g/mol. The predicted octanol–water partition coefficient (Wildman–Crippen LogP) is 4.63. The molecule has 1 amide bonds. The van der Waals surface area contributed by atoms with E-state index in [0.29, 0.717) is 16.8 Å². The van der Waals surface area contributed by atoms with Crippen LogP contribution in [0.5, 0.6) is 0 Å². The number of carbonyl (C=O) groups excluding carboxylic acids is 1. The number of anilines is 1. The quantitative estimate of drug-likeness (QED) is 0.546. The van der Waals surface area contributed by atoms with Crippen LogP contribution in [-0.2, 0) is 11.3 Å². The van der Waals surface area contributed by atoms with Crippen molar-refractivity contribution >= 4 is 22.4 Å². The summed E-state index contributed by atoms with van der Waals surface area (Å²) in [5.74, 6) is -0.296. The van der Waals surface area contributed by atoms with Crippen molar-refractivity contribution in [2.75, 3.05) is 5.32 Å². The second kappa shape index (κ2) is 7.95. The molecule has 0 unspecified atom stereocenters. The van der Waals surface area contributed by atoms with E-state index in [0.717, 1.165) is 27.6 Å². The molecule has 3 aromatic carbocycles. The summed E-state index contributed by atoms with van der Waals surface area (Å²) < 4.78 is 1.25. The molecular formula is C25H23N3O2. The van der Waals surface area contributed by atoms with Gasteiger partial charge in [-0.1, -0.05) is 53.6 Å². The Morgan fingerprint density at radius 3 is 2.30 bits per heavy atom. The number of nitrogens with zero attached hydrogens (tertiary/aromatic N) is 2. The van der Waals surface area contributed by atoms with Crippen molar-refractivity contribution in [3.63, 3.8) is 0 Å². The Morgan fingerprint density at radius 1 is 0.900 bits per heavy atom. The summed E-state index contributed by atoms with van der Waals surface area (Å²) in [6.07, 6.45) is 0. The molecule has 150 valence electrons. The van der Waals surface area contributed by atoms with Gasteiger partial charge >= 0.3 is 0 Å². The fourth-order valence-electron chi connectivity index (χ4n) is 3.51. The highest BCUT2D eigenvalue weighted by atomic mass is 16.2. The third-order valence-corrected chi connectivity index (χ3v) is 5.14. The summed E-state index contributed by atoms with van der Waals surface area (Å²) in [6, 6.07) is 21.1. The first kappa shape index (κ1) is 19.6. The van der Waals surface area contributed by atoms with Gasteiger partial charge in [-0.2, -0.15) is 5.10 Å². The van der Waals surface area contributed by atoms with Crippen molar-refractivity contribution in [1.82, 2.24) is 9.78 Å². The smallest absolute Gasteiger partial charge is 0.275 e. The first-order chi connectivity index (χ1) is 14.4. The summed E-state index contributed by atoms with van der Waals surface area (Å²) in [7, 11) is 0. The Bertz CT molecular complexity index is 1300. The highest BCUT2D eigenvalue weighted by Gasteiger charge is 2.15. The number of fused-ring (bicyclic) bond motifs is 1. The third-order valence-electron chi connectivity index (χ3n) is 5.14. The Kier molecular flexibility index (Phi) is 5.19. The van der Waals surface area contributed by atoms with Crippen molar-refractivity contribution in [2.24, 2.45) is 0 Å². The molecule has 4 aromatic rings. The van der Waals surface area contributed by atoms with E-state index in [-0.39, 0.29) is 18.0 Å². The Labute approximate surface area is 175 Å². The van der Waals surface area contributed by atoms with Crippen molar-refractivity contribution in [3.8, 4) is 11.3 Å². The molecule has 0 atom stereocenters. The summed E-state index contributed by atoms with van der Waals surface area (Å²) in [6.45, 7) is 5.87. The predicted molar refractivity (Wildman–Crippen MR) is 121 cm³/mol. The van der Waals surface area contributed by atoms with Crippen LogP contribution in [0.2, 0.25) is 0 Å². The monoisotopic (exact) mass is 397 g/mol. The van der Waals surface area contributed by atoms with Gasteiger partial charge < -0.3 is 5.32 Å². The summed E-state index contributed by atoms with van der Waals surface area (Å²) in [5, 5.41) is 8.78. The van der Waals surface area contributed by atoms with Crippen LogP contribution in [0.3, 0.4) is 0 Å². The minimum Gasteiger partial charge on any atom is -0.324 e. The first-order valence-electron chi connectivity index (χ1n) is 9.86. The zero-order valence-electron chi connectivity index (χ0n) is 17.3. The summed E-state index contributed by atoms with van der Waals surface area (Å²) >= 11 is 0. The largest absolute Gasteiger partial charge is 0.324 e. The molecule has 1 N–H and O–H groups in total. The minimum absolute atomic E-state index is 0.157. The molecule has 0 spiro atoms. The maximum absolute atomic E-state index is 13.0. The van der Waals surface area contributed by atoms with E-state index in [1.165, 1.54) is 4.68 Å². The summed E-state index contributed by atoms with van der Waals surface area (Å²) in [5.41, 5.74) is 5.35. The SMILES string of the molecule is Cc1ccc(NC(=O)Cn2nc(-c3cc(C)ccc3C)c3ccccc3c2=O)cc1. The van der Waals surface area contributed by atoms with Crippen molar-refractivity contribution in [1.29, 1.82) is 0 Å². The molecule has 1 heterocycles. The topological polar surface area (TPSA) is 64.0 Å². The number of carbonyl (C=O) groups is 1. The van der Waals surface area contributed by atoms with Gasteiger partial charge in [-0.15, -0.1) is 0 Å². The molecule has 0 bridgehead atoms. The van der Waals surface area contributed by atoms with E-state index in [1.54, 1.807) is 6.07 Å². The van der Waals surface area contributed by atoms with E-state index in [9.17, 15) is 9.59 Å². The van der Waals surface area contributed by atoms with Gasteiger partial charge in [-0.25, -0.2) is 4.68 Å². The van der Waals surface area contributed by atoms with E-state index in [4.69, 9.17) is 0 Å². The van der Waals surface area contributed by atoms with Gasteiger partial charge in [0.05, 0.1) is 11.1 Å². The number of amides is 1. The molecule has 5 heteroatoms. The lowest BCUT2D eigenvalue weighted by Gasteiger charge is -2.13. The molecule has 30 heavy (non-hydrogen) atoms. The fourth-order valence-corrected chi connectivity index (χ4v) is 3.51. The highest BCUT2D eigenvalue weighted by molar-refractivity contribution is 5.95. The van der Waals surface area contributed by atoms with Gasteiger partial charge in [0, 0.05) is 16.6 Å². The third kappa shape index (κ3) is 3.87. The number of benzene rings is 3.